The third-order valence-electron chi connectivity index (χ3n) is 7.54. The van der Waals surface area contributed by atoms with Gasteiger partial charge in [-0.05, 0) is 47.0 Å². The molecule has 2 aliphatic rings. The number of carbonyl (C=O) groups is 1. The summed E-state index contributed by atoms with van der Waals surface area (Å²) >= 11 is 0. The Kier molecular flexibility index (Phi) is 8.00. The molecule has 9 heteroatoms. The first kappa shape index (κ1) is 27.0. The molecule has 41 heavy (non-hydrogen) atoms. The van der Waals surface area contributed by atoms with Crippen LogP contribution < -0.4 is 9.47 Å². The molecule has 3 aromatic carbocycles. The van der Waals surface area contributed by atoms with Crippen LogP contribution in [0.15, 0.2) is 79.1 Å². The Balaban J connectivity index is 1.42. The van der Waals surface area contributed by atoms with Crippen molar-refractivity contribution in [3.8, 4) is 28.6 Å². The summed E-state index contributed by atoms with van der Waals surface area (Å²) in [5.41, 5.74) is 4.49. The molecule has 4 aromatic rings. The first-order valence-electron chi connectivity index (χ1n) is 13.9. The number of hydrogen-bond donors (Lipinski definition) is 1. The Labute approximate surface area is 239 Å². The van der Waals surface area contributed by atoms with E-state index in [1.165, 1.54) is 0 Å². The van der Waals surface area contributed by atoms with Crippen LogP contribution in [0, 0.1) is 0 Å². The molecule has 1 aromatic heterocycles. The number of benzene rings is 3. The Hall–Kier alpha value is -4.18. The predicted molar refractivity (Wildman–Crippen MR) is 154 cm³/mol. The lowest BCUT2D eigenvalue weighted by molar-refractivity contribution is -0.141. The molecule has 6 rings (SSSR count). The van der Waals surface area contributed by atoms with E-state index >= 15 is 0 Å². The summed E-state index contributed by atoms with van der Waals surface area (Å²) < 4.78 is 19.3. The van der Waals surface area contributed by atoms with Crippen LogP contribution in [0.4, 0.5) is 0 Å². The SMILES string of the molecule is COc1ccc2cc1OCCN(C(=O)[C@@H](O)c1ccccc1)Cc1cc(CN3CCOCC3)cc(c1)-n1ccnc1-2. The first-order chi connectivity index (χ1) is 20.1. The molecule has 1 atom stereocenters. The molecule has 1 N–H and O–H groups in total. The minimum atomic E-state index is -1.28. The lowest BCUT2D eigenvalue weighted by Gasteiger charge is -2.28. The number of nitrogens with zero attached hydrogens (tertiary/aromatic N) is 4. The highest BCUT2D eigenvalue weighted by molar-refractivity contribution is 5.82. The summed E-state index contributed by atoms with van der Waals surface area (Å²) in [6.07, 6.45) is 2.45. The molecule has 0 radical (unpaired) electrons. The average molecular weight is 555 g/mol. The van der Waals surface area contributed by atoms with Gasteiger partial charge in [-0.1, -0.05) is 36.4 Å². The topological polar surface area (TPSA) is 89.3 Å². The van der Waals surface area contributed by atoms with E-state index in [0.29, 0.717) is 23.6 Å². The van der Waals surface area contributed by atoms with Crippen molar-refractivity contribution in [2.75, 3.05) is 46.6 Å². The van der Waals surface area contributed by atoms with E-state index in [4.69, 9.17) is 14.2 Å². The fourth-order valence-corrected chi connectivity index (χ4v) is 5.44. The average Bonchev–Trinajstić information content (AvgIpc) is 3.51. The van der Waals surface area contributed by atoms with Crippen molar-refractivity contribution in [3.05, 3.63) is 95.8 Å². The number of morpholine rings is 1. The minimum Gasteiger partial charge on any atom is -0.493 e. The van der Waals surface area contributed by atoms with E-state index in [1.54, 1.807) is 30.3 Å². The molecule has 0 saturated carbocycles. The van der Waals surface area contributed by atoms with E-state index in [2.05, 4.69) is 32.7 Å². The molecule has 2 aliphatic heterocycles. The fourth-order valence-electron chi connectivity index (χ4n) is 5.44. The maximum absolute atomic E-state index is 13.7. The normalized spacial score (nSPS) is 16.4. The maximum atomic E-state index is 13.7. The number of aliphatic hydroxyl groups is 1. The van der Waals surface area contributed by atoms with Gasteiger partial charge in [0, 0.05) is 49.8 Å². The van der Waals surface area contributed by atoms with E-state index in [0.717, 1.165) is 61.1 Å². The van der Waals surface area contributed by atoms with Gasteiger partial charge < -0.3 is 24.2 Å². The Morgan fingerprint density at radius 2 is 1.85 bits per heavy atom. The molecular formula is C32H34N4O5. The van der Waals surface area contributed by atoms with Crippen molar-refractivity contribution < 1.29 is 24.1 Å². The quantitative estimate of drug-likeness (QED) is 0.401. The van der Waals surface area contributed by atoms with Gasteiger partial charge >= 0.3 is 0 Å². The van der Waals surface area contributed by atoms with Gasteiger partial charge in [-0.2, -0.15) is 0 Å². The summed E-state index contributed by atoms with van der Waals surface area (Å²) in [6.45, 7) is 4.77. The number of amides is 1. The highest BCUT2D eigenvalue weighted by Gasteiger charge is 2.25. The molecule has 4 bridgehead atoms. The largest absolute Gasteiger partial charge is 0.493 e. The Bertz CT molecular complexity index is 1500. The lowest BCUT2D eigenvalue weighted by Crippen LogP contribution is -2.38. The monoisotopic (exact) mass is 554 g/mol. The summed E-state index contributed by atoms with van der Waals surface area (Å²) in [4.78, 5) is 22.4. The molecule has 1 saturated heterocycles. The molecule has 9 nitrogen and oxygen atoms in total. The van der Waals surface area contributed by atoms with E-state index in [1.807, 2.05) is 42.6 Å². The first-order valence-corrected chi connectivity index (χ1v) is 13.9. The number of imidazole rings is 1. The van der Waals surface area contributed by atoms with Crippen molar-refractivity contribution in [1.29, 1.82) is 0 Å². The Morgan fingerprint density at radius 3 is 2.66 bits per heavy atom. The number of hydrogen-bond acceptors (Lipinski definition) is 7. The minimum absolute atomic E-state index is 0.224. The van der Waals surface area contributed by atoms with Crippen LogP contribution in [0.3, 0.4) is 0 Å². The van der Waals surface area contributed by atoms with Crippen molar-refractivity contribution in [3.63, 3.8) is 0 Å². The second kappa shape index (κ2) is 12.1. The van der Waals surface area contributed by atoms with Crippen molar-refractivity contribution in [2.24, 2.45) is 0 Å². The van der Waals surface area contributed by atoms with E-state index in [9.17, 15) is 9.90 Å². The number of rotatable bonds is 5. The molecule has 212 valence electrons. The number of aromatic nitrogens is 2. The lowest BCUT2D eigenvalue weighted by atomic mass is 10.1. The summed E-state index contributed by atoms with van der Waals surface area (Å²) in [7, 11) is 1.60. The Morgan fingerprint density at radius 1 is 1.02 bits per heavy atom. The van der Waals surface area contributed by atoms with Crippen LogP contribution in [0.25, 0.3) is 17.1 Å². The number of methoxy groups -OCH3 is 1. The van der Waals surface area contributed by atoms with Crippen LogP contribution in [-0.4, -0.2) is 76.9 Å². The van der Waals surface area contributed by atoms with Gasteiger partial charge in [0.2, 0.25) is 0 Å². The van der Waals surface area contributed by atoms with Crippen LogP contribution >= 0.6 is 0 Å². The van der Waals surface area contributed by atoms with E-state index < -0.39 is 6.10 Å². The number of fused-ring (bicyclic) bond motifs is 7. The third-order valence-corrected chi connectivity index (χ3v) is 7.54. The highest BCUT2D eigenvalue weighted by Crippen LogP contribution is 2.34. The van der Waals surface area contributed by atoms with Gasteiger partial charge in [-0.25, -0.2) is 4.98 Å². The smallest absolute Gasteiger partial charge is 0.256 e. The zero-order valence-electron chi connectivity index (χ0n) is 23.1. The molecule has 1 fully saturated rings. The molecule has 1 amide bonds. The second-order valence-electron chi connectivity index (χ2n) is 10.3. The highest BCUT2D eigenvalue weighted by atomic mass is 16.5. The number of aliphatic hydroxyl groups excluding tert-OH is 1. The van der Waals surface area contributed by atoms with Crippen molar-refractivity contribution >= 4 is 5.91 Å². The molecular weight excluding hydrogens is 520 g/mol. The van der Waals surface area contributed by atoms with Gasteiger partial charge in [0.25, 0.3) is 5.91 Å². The molecule has 0 unspecified atom stereocenters. The molecule has 0 spiro atoms. The summed E-state index contributed by atoms with van der Waals surface area (Å²) in [6, 6.07) is 21.2. The summed E-state index contributed by atoms with van der Waals surface area (Å²) in [5.74, 6) is 1.56. The third kappa shape index (κ3) is 5.97. The molecule has 0 aliphatic carbocycles. The van der Waals surface area contributed by atoms with Gasteiger partial charge in [0.05, 0.1) is 26.9 Å². The van der Waals surface area contributed by atoms with Gasteiger partial charge in [-0.15, -0.1) is 0 Å². The van der Waals surface area contributed by atoms with Crippen LogP contribution in [0.5, 0.6) is 11.5 Å². The second-order valence-corrected chi connectivity index (χ2v) is 10.3. The standard InChI is InChI=1S/C32H34N4O5/c1-39-28-8-7-26-20-29(28)41-16-13-35(32(38)30(37)25-5-3-2-4-6-25)22-24-17-23(21-34-11-14-40-15-12-34)18-27(19-24)36-10-9-33-31(26)36/h2-10,17-20,30,37H,11-16,21-22H2,1H3/t30-/m0/s1. The zero-order chi connectivity index (χ0) is 28.2. The van der Waals surface area contributed by atoms with Gasteiger partial charge in [-0.3, -0.25) is 14.3 Å². The van der Waals surface area contributed by atoms with Gasteiger partial charge in [0.1, 0.15) is 12.4 Å². The van der Waals surface area contributed by atoms with Crippen LogP contribution in [-0.2, 0) is 22.6 Å². The maximum Gasteiger partial charge on any atom is 0.256 e. The van der Waals surface area contributed by atoms with Gasteiger partial charge in [0.15, 0.2) is 17.6 Å². The fraction of sp³-hybridized carbons (Fsp3) is 0.312. The van der Waals surface area contributed by atoms with Crippen LogP contribution in [0.1, 0.15) is 22.8 Å². The van der Waals surface area contributed by atoms with Crippen molar-refractivity contribution in [2.45, 2.75) is 19.2 Å². The zero-order valence-corrected chi connectivity index (χ0v) is 23.1. The predicted octanol–water partition coefficient (Wildman–Crippen LogP) is 3.83. The number of ether oxygens (including phenoxy) is 3. The number of carbonyl (C=O) groups excluding carboxylic acids is 1. The van der Waals surface area contributed by atoms with Crippen LogP contribution in [0.2, 0.25) is 0 Å². The molecule has 3 heterocycles. The summed E-state index contributed by atoms with van der Waals surface area (Å²) in [5, 5.41) is 11.0. The van der Waals surface area contributed by atoms with Crippen molar-refractivity contribution in [1.82, 2.24) is 19.4 Å². The van der Waals surface area contributed by atoms with E-state index in [-0.39, 0.29) is 19.1 Å².